The topological polar surface area (TPSA) is 80.3 Å². The smallest absolute Gasteiger partial charge is 0.305 e. The third kappa shape index (κ3) is 6.12. The molecule has 0 bridgehead atoms. The van der Waals surface area contributed by atoms with Crippen molar-refractivity contribution in [1.29, 1.82) is 0 Å². The highest BCUT2D eigenvalue weighted by Crippen LogP contribution is 2.38. The first kappa shape index (κ1) is 23.8. The SMILES string of the molecule is CC(=O)OC[C@H]1OC(CF)(OC(C)=O)[C@@H](OCc2ccccc2)[C@@H]1OCc1ccccc1. The van der Waals surface area contributed by atoms with Crippen LogP contribution in [0.25, 0.3) is 0 Å². The van der Waals surface area contributed by atoms with Gasteiger partial charge in [0.2, 0.25) is 0 Å². The molecule has 0 amide bonds. The minimum Gasteiger partial charge on any atom is -0.463 e. The van der Waals surface area contributed by atoms with Gasteiger partial charge in [0.05, 0.1) is 13.2 Å². The van der Waals surface area contributed by atoms with Crippen LogP contribution in [0.4, 0.5) is 4.39 Å². The zero-order valence-corrected chi connectivity index (χ0v) is 18.1. The highest BCUT2D eigenvalue weighted by Gasteiger charge is 2.60. The van der Waals surface area contributed by atoms with Crippen LogP contribution in [-0.2, 0) is 46.5 Å². The largest absolute Gasteiger partial charge is 0.463 e. The van der Waals surface area contributed by atoms with Gasteiger partial charge in [-0.05, 0) is 11.1 Å². The molecule has 0 spiro atoms. The number of hydrogen-bond acceptors (Lipinski definition) is 7. The van der Waals surface area contributed by atoms with E-state index < -0.39 is 42.7 Å². The number of ether oxygens (including phenoxy) is 5. The minimum absolute atomic E-state index is 0.114. The number of rotatable bonds is 10. The molecule has 1 aliphatic rings. The van der Waals surface area contributed by atoms with Crippen molar-refractivity contribution in [2.24, 2.45) is 0 Å². The first-order chi connectivity index (χ1) is 15.4. The molecule has 1 fully saturated rings. The predicted octanol–water partition coefficient (Wildman–Crippen LogP) is 3.35. The standard InChI is InChI=1S/C24H27FO7/c1-17(26)28-15-21-22(29-13-19-9-5-3-6-10-19)23(24(16-25,32-21)31-18(2)27)30-14-20-11-7-4-8-12-20/h3-12,21-23H,13-16H2,1-2H3/t21-,22-,23+,24?/m1/s1. The van der Waals surface area contributed by atoms with Crippen LogP contribution in [0, 0.1) is 0 Å². The molecule has 0 N–H and O–H groups in total. The highest BCUT2D eigenvalue weighted by molar-refractivity contribution is 5.66. The summed E-state index contributed by atoms with van der Waals surface area (Å²) in [5, 5.41) is 0. The average molecular weight is 446 g/mol. The van der Waals surface area contributed by atoms with Gasteiger partial charge < -0.3 is 23.7 Å². The van der Waals surface area contributed by atoms with Crippen molar-refractivity contribution in [2.45, 2.75) is 51.2 Å². The van der Waals surface area contributed by atoms with Gasteiger partial charge in [-0.1, -0.05) is 60.7 Å². The van der Waals surface area contributed by atoms with Crippen molar-refractivity contribution in [3.05, 3.63) is 71.8 Å². The molecular weight excluding hydrogens is 419 g/mol. The third-order valence-corrected chi connectivity index (χ3v) is 4.96. The van der Waals surface area contributed by atoms with Crippen LogP contribution in [-0.4, -0.2) is 49.3 Å². The van der Waals surface area contributed by atoms with Gasteiger partial charge in [-0.3, -0.25) is 9.59 Å². The average Bonchev–Trinajstić information content (AvgIpc) is 3.08. The Morgan fingerprint density at radius 3 is 1.97 bits per heavy atom. The summed E-state index contributed by atoms with van der Waals surface area (Å²) in [5.41, 5.74) is 1.72. The van der Waals surface area contributed by atoms with Crippen LogP contribution >= 0.6 is 0 Å². The Labute approximate surface area is 186 Å². The van der Waals surface area contributed by atoms with Crippen LogP contribution in [0.5, 0.6) is 0 Å². The fourth-order valence-corrected chi connectivity index (χ4v) is 3.57. The molecule has 2 aromatic carbocycles. The number of hydrogen-bond donors (Lipinski definition) is 0. The first-order valence-corrected chi connectivity index (χ1v) is 10.3. The molecule has 1 aliphatic heterocycles. The fourth-order valence-electron chi connectivity index (χ4n) is 3.57. The van der Waals surface area contributed by atoms with E-state index in [1.807, 2.05) is 60.7 Å². The van der Waals surface area contributed by atoms with Crippen molar-refractivity contribution in [3.8, 4) is 0 Å². The van der Waals surface area contributed by atoms with E-state index in [0.29, 0.717) is 0 Å². The van der Waals surface area contributed by atoms with Crippen molar-refractivity contribution in [1.82, 2.24) is 0 Å². The minimum atomic E-state index is -2.02. The van der Waals surface area contributed by atoms with Crippen LogP contribution in [0.3, 0.4) is 0 Å². The Balaban J connectivity index is 1.87. The van der Waals surface area contributed by atoms with E-state index in [1.165, 1.54) is 6.92 Å². The maximum absolute atomic E-state index is 14.4. The number of alkyl halides is 1. The first-order valence-electron chi connectivity index (χ1n) is 10.3. The summed E-state index contributed by atoms with van der Waals surface area (Å²) >= 11 is 0. The van der Waals surface area contributed by atoms with Crippen molar-refractivity contribution in [2.75, 3.05) is 13.3 Å². The van der Waals surface area contributed by atoms with Crippen LogP contribution in [0.15, 0.2) is 60.7 Å². The van der Waals surface area contributed by atoms with Gasteiger partial charge in [-0.2, -0.15) is 0 Å². The van der Waals surface area contributed by atoms with Crippen molar-refractivity contribution < 1.29 is 37.7 Å². The zero-order valence-electron chi connectivity index (χ0n) is 18.1. The number of benzene rings is 2. The van der Waals surface area contributed by atoms with Crippen molar-refractivity contribution >= 4 is 11.9 Å². The van der Waals surface area contributed by atoms with Gasteiger partial charge in [0, 0.05) is 13.8 Å². The molecule has 4 atom stereocenters. The Morgan fingerprint density at radius 1 is 0.906 bits per heavy atom. The van der Waals surface area contributed by atoms with Gasteiger partial charge in [0.15, 0.2) is 12.8 Å². The fraction of sp³-hybridized carbons (Fsp3) is 0.417. The Kier molecular flexibility index (Phi) is 8.33. The van der Waals surface area contributed by atoms with Gasteiger partial charge in [-0.15, -0.1) is 0 Å². The van der Waals surface area contributed by atoms with Gasteiger partial charge in [-0.25, -0.2) is 4.39 Å². The summed E-state index contributed by atoms with van der Waals surface area (Å²) in [7, 11) is 0. The third-order valence-electron chi connectivity index (χ3n) is 4.96. The number of carbonyl (C=O) groups is 2. The lowest BCUT2D eigenvalue weighted by molar-refractivity contribution is -0.264. The van der Waals surface area contributed by atoms with Gasteiger partial charge in [0.1, 0.15) is 18.8 Å². The monoisotopic (exact) mass is 446 g/mol. The lowest BCUT2D eigenvalue weighted by Crippen LogP contribution is -2.50. The molecule has 172 valence electrons. The summed E-state index contributed by atoms with van der Waals surface area (Å²) in [6.07, 6.45) is -2.87. The molecule has 7 nitrogen and oxygen atoms in total. The lowest BCUT2D eigenvalue weighted by Gasteiger charge is -2.32. The molecule has 3 rings (SSSR count). The van der Waals surface area contributed by atoms with E-state index in [0.717, 1.165) is 18.1 Å². The molecule has 0 radical (unpaired) electrons. The Hall–Kier alpha value is -2.81. The molecule has 32 heavy (non-hydrogen) atoms. The molecule has 0 aromatic heterocycles. The second-order valence-corrected chi connectivity index (χ2v) is 7.48. The second-order valence-electron chi connectivity index (χ2n) is 7.48. The normalized spacial score (nSPS) is 24.8. The maximum Gasteiger partial charge on any atom is 0.305 e. The number of carbonyl (C=O) groups excluding carboxylic acids is 2. The molecule has 1 saturated heterocycles. The molecule has 8 heteroatoms. The van der Waals surface area contributed by atoms with E-state index >= 15 is 0 Å². The van der Waals surface area contributed by atoms with Crippen LogP contribution in [0.2, 0.25) is 0 Å². The van der Waals surface area contributed by atoms with Gasteiger partial charge >= 0.3 is 11.9 Å². The summed E-state index contributed by atoms with van der Waals surface area (Å²) in [6, 6.07) is 18.7. The van der Waals surface area contributed by atoms with Gasteiger partial charge in [0.25, 0.3) is 5.79 Å². The van der Waals surface area contributed by atoms with E-state index in [1.54, 1.807) is 0 Å². The maximum atomic E-state index is 14.4. The molecule has 0 saturated carbocycles. The van der Waals surface area contributed by atoms with E-state index in [-0.39, 0.29) is 19.8 Å². The Morgan fingerprint density at radius 2 is 1.47 bits per heavy atom. The van der Waals surface area contributed by atoms with Crippen molar-refractivity contribution in [3.63, 3.8) is 0 Å². The zero-order chi connectivity index (χ0) is 23.0. The summed E-state index contributed by atoms with van der Waals surface area (Å²) in [5.74, 6) is -3.28. The quantitative estimate of drug-likeness (QED) is 0.518. The van der Waals surface area contributed by atoms with E-state index in [4.69, 9.17) is 23.7 Å². The highest BCUT2D eigenvalue weighted by atomic mass is 19.1. The lowest BCUT2D eigenvalue weighted by atomic mass is 10.0. The Bertz CT molecular complexity index is 876. The van der Waals surface area contributed by atoms with Crippen LogP contribution in [0.1, 0.15) is 25.0 Å². The number of halogens is 1. The van der Waals surface area contributed by atoms with Crippen LogP contribution < -0.4 is 0 Å². The summed E-state index contributed by atoms with van der Waals surface area (Å²) in [6.45, 7) is 1.35. The number of esters is 2. The molecule has 2 aromatic rings. The summed E-state index contributed by atoms with van der Waals surface area (Å²) < 4.78 is 42.7. The summed E-state index contributed by atoms with van der Waals surface area (Å²) in [4.78, 5) is 23.2. The van der Waals surface area contributed by atoms with E-state index in [2.05, 4.69) is 0 Å². The molecule has 0 aliphatic carbocycles. The second kappa shape index (κ2) is 11.2. The van der Waals surface area contributed by atoms with E-state index in [9.17, 15) is 14.0 Å². The molecule has 1 unspecified atom stereocenters. The molecule has 1 heterocycles. The predicted molar refractivity (Wildman–Crippen MR) is 112 cm³/mol. The molecular formula is C24H27FO7.